The van der Waals surface area contributed by atoms with E-state index < -0.39 is 49.0 Å². The van der Waals surface area contributed by atoms with Gasteiger partial charge in [0, 0.05) is 38.6 Å². The zero-order chi connectivity index (χ0) is 32.7. The summed E-state index contributed by atoms with van der Waals surface area (Å²) in [4.78, 5) is 0. The van der Waals surface area contributed by atoms with Gasteiger partial charge in [-0.3, -0.25) is 0 Å². The first-order valence-corrected chi connectivity index (χ1v) is 15.5. The van der Waals surface area contributed by atoms with Crippen LogP contribution in [0.3, 0.4) is 0 Å². The molecular weight excluding hydrogens is 566 g/mol. The molecule has 1 saturated carbocycles. The SMILES string of the molecule is CCC[C@@H](CN)[C@@H](O)C(O)[C@@H](N)[C@H](C)O.CO[C@@H]1CC(O)[C@H](O)C(CN)O1.NC1CC(N)CC(OC2CCC(CO)O2)C1. The van der Waals surface area contributed by atoms with Gasteiger partial charge in [-0.05, 0) is 51.5 Å². The molecule has 258 valence electrons. The van der Waals surface area contributed by atoms with Gasteiger partial charge < -0.3 is 78.3 Å². The number of methoxy groups -OCH3 is 1. The number of rotatable bonds is 12. The van der Waals surface area contributed by atoms with Gasteiger partial charge in [-0.25, -0.2) is 0 Å². The van der Waals surface area contributed by atoms with Crippen molar-refractivity contribution in [1.29, 1.82) is 0 Å². The van der Waals surface area contributed by atoms with Crippen LogP contribution in [0.25, 0.3) is 0 Å². The summed E-state index contributed by atoms with van der Waals surface area (Å²) in [5.41, 5.74) is 28.2. The summed E-state index contributed by atoms with van der Waals surface area (Å²) in [5.74, 6) is -0.171. The number of hydrogen-bond donors (Lipinski definition) is 11. The third-order valence-corrected chi connectivity index (χ3v) is 8.13. The van der Waals surface area contributed by atoms with Crippen LogP contribution in [0.2, 0.25) is 0 Å². The van der Waals surface area contributed by atoms with Gasteiger partial charge >= 0.3 is 0 Å². The molecule has 0 spiro atoms. The van der Waals surface area contributed by atoms with Crippen molar-refractivity contribution in [2.24, 2.45) is 34.6 Å². The van der Waals surface area contributed by atoms with Gasteiger partial charge in [-0.2, -0.15) is 0 Å². The molecule has 43 heavy (non-hydrogen) atoms. The maximum Gasteiger partial charge on any atom is 0.160 e. The molecule has 1 aliphatic carbocycles. The molecule has 3 fully saturated rings. The van der Waals surface area contributed by atoms with Crippen molar-refractivity contribution >= 4 is 0 Å². The first-order valence-electron chi connectivity index (χ1n) is 15.5. The Labute approximate surface area is 256 Å². The maximum atomic E-state index is 9.81. The predicted molar refractivity (Wildman–Crippen MR) is 160 cm³/mol. The molecule has 15 nitrogen and oxygen atoms in total. The minimum Gasteiger partial charge on any atom is -0.394 e. The Kier molecular flexibility index (Phi) is 20.0. The molecule has 0 bridgehead atoms. The zero-order valence-corrected chi connectivity index (χ0v) is 26.1. The van der Waals surface area contributed by atoms with E-state index in [2.05, 4.69) is 0 Å². The van der Waals surface area contributed by atoms with E-state index in [0.29, 0.717) is 6.54 Å². The third-order valence-electron chi connectivity index (χ3n) is 8.13. The smallest absolute Gasteiger partial charge is 0.160 e. The van der Waals surface area contributed by atoms with E-state index in [0.717, 1.165) is 44.9 Å². The lowest BCUT2D eigenvalue weighted by molar-refractivity contribution is -0.239. The summed E-state index contributed by atoms with van der Waals surface area (Å²) in [7, 11) is 1.49. The van der Waals surface area contributed by atoms with E-state index in [1.54, 1.807) is 0 Å². The minimum absolute atomic E-state index is 0.0593. The normalized spacial score (nSPS) is 36.3. The van der Waals surface area contributed by atoms with E-state index >= 15 is 0 Å². The number of hydrogen-bond acceptors (Lipinski definition) is 15. The number of aliphatic hydroxyl groups excluding tert-OH is 6. The summed E-state index contributed by atoms with van der Waals surface area (Å²) < 4.78 is 21.5. The van der Waals surface area contributed by atoms with E-state index in [1.807, 2.05) is 6.92 Å². The van der Waals surface area contributed by atoms with Gasteiger partial charge in [0.05, 0.1) is 49.3 Å². The van der Waals surface area contributed by atoms with Crippen LogP contribution >= 0.6 is 0 Å². The Balaban J connectivity index is 0.000000326. The van der Waals surface area contributed by atoms with Crippen molar-refractivity contribution < 1.29 is 49.6 Å². The first kappa shape index (κ1) is 40.4. The molecule has 13 atom stereocenters. The Morgan fingerprint density at radius 3 is 2.00 bits per heavy atom. The molecule has 0 amide bonds. The van der Waals surface area contributed by atoms with Crippen LogP contribution < -0.4 is 28.7 Å². The predicted octanol–water partition coefficient (Wildman–Crippen LogP) is -3.07. The van der Waals surface area contributed by atoms with Crippen LogP contribution in [0.5, 0.6) is 0 Å². The molecule has 0 radical (unpaired) electrons. The van der Waals surface area contributed by atoms with Crippen molar-refractivity contribution in [3.8, 4) is 0 Å². The highest BCUT2D eigenvalue weighted by atomic mass is 16.7. The molecule has 3 aliphatic rings. The van der Waals surface area contributed by atoms with Crippen molar-refractivity contribution in [2.45, 2.75) is 145 Å². The molecule has 7 unspecified atom stereocenters. The van der Waals surface area contributed by atoms with Gasteiger partial charge in [0.1, 0.15) is 12.2 Å². The summed E-state index contributed by atoms with van der Waals surface area (Å²) in [5, 5.41) is 56.3. The van der Waals surface area contributed by atoms with Crippen LogP contribution in [0.4, 0.5) is 0 Å². The fraction of sp³-hybridized carbons (Fsp3) is 1.00. The van der Waals surface area contributed by atoms with Gasteiger partial charge in [0.2, 0.25) is 0 Å². The average molecular weight is 628 g/mol. The Hall–Kier alpha value is -0.600. The number of aliphatic hydroxyl groups is 6. The highest BCUT2D eigenvalue weighted by molar-refractivity contribution is 4.87. The summed E-state index contributed by atoms with van der Waals surface area (Å²) >= 11 is 0. The average Bonchev–Trinajstić information content (AvgIpc) is 3.43. The zero-order valence-electron chi connectivity index (χ0n) is 26.1. The number of ether oxygens (including phenoxy) is 4. The molecule has 2 saturated heterocycles. The van der Waals surface area contributed by atoms with E-state index in [1.165, 1.54) is 14.0 Å². The molecule has 2 heterocycles. The Morgan fingerprint density at radius 2 is 1.53 bits per heavy atom. The number of nitrogens with two attached hydrogens (primary N) is 5. The highest BCUT2D eigenvalue weighted by Gasteiger charge is 2.36. The van der Waals surface area contributed by atoms with Crippen molar-refractivity contribution in [3.05, 3.63) is 0 Å². The van der Waals surface area contributed by atoms with E-state index in [4.69, 9.17) is 52.7 Å². The van der Waals surface area contributed by atoms with Crippen LogP contribution in [-0.2, 0) is 18.9 Å². The van der Waals surface area contributed by atoms with Gasteiger partial charge in [-0.15, -0.1) is 0 Å². The highest BCUT2D eigenvalue weighted by Crippen LogP contribution is 2.26. The van der Waals surface area contributed by atoms with Crippen LogP contribution in [0.15, 0.2) is 0 Å². The molecule has 16 N–H and O–H groups in total. The lowest BCUT2D eigenvalue weighted by Crippen LogP contribution is -2.52. The molecule has 15 heteroatoms. The van der Waals surface area contributed by atoms with Crippen LogP contribution in [-0.4, -0.2) is 137 Å². The Morgan fingerprint density at radius 1 is 0.907 bits per heavy atom. The summed E-state index contributed by atoms with van der Waals surface area (Å²) in [6.07, 6.45) is 0.438. The second kappa shape index (κ2) is 21.2. The van der Waals surface area contributed by atoms with Gasteiger partial charge in [0.15, 0.2) is 12.6 Å². The lowest BCUT2D eigenvalue weighted by atomic mass is 9.89. The molecule has 3 rings (SSSR count). The fourth-order valence-corrected chi connectivity index (χ4v) is 5.44. The molecular formula is C28H61N5O10. The van der Waals surface area contributed by atoms with Crippen LogP contribution in [0, 0.1) is 5.92 Å². The molecule has 0 aromatic rings. The van der Waals surface area contributed by atoms with Crippen molar-refractivity contribution in [3.63, 3.8) is 0 Å². The first-order chi connectivity index (χ1) is 20.3. The van der Waals surface area contributed by atoms with Gasteiger partial charge in [0.25, 0.3) is 0 Å². The Bertz CT molecular complexity index is 707. The topological polar surface area (TPSA) is 288 Å². The second-order valence-corrected chi connectivity index (χ2v) is 11.9. The van der Waals surface area contributed by atoms with Crippen molar-refractivity contribution in [1.82, 2.24) is 0 Å². The maximum absolute atomic E-state index is 9.81. The lowest BCUT2D eigenvalue weighted by Gasteiger charge is -2.35. The standard InChI is InChI=1S/C11H22N2O3.C10H24N2O3.C7H15NO4/c12-7-3-8(13)5-10(4-7)16-11-2-1-9(6-14)15-11;1-3-4-7(5-11)9(14)10(15)8(12)6(2)13;1-11-6-2-4(9)7(10)5(3-8)12-6/h7-11,14H,1-6,12-13H2;6-10,13-15H,3-5,11-12H2,1-2H3;4-7,9-10H,2-3,8H2,1H3/t;6-,7-,8-,9+,10?;4?,5?,6-,7-/m.00/s1. The minimum atomic E-state index is -1.13. The summed E-state index contributed by atoms with van der Waals surface area (Å²) in [6.45, 7) is 4.02. The molecule has 0 aromatic carbocycles. The van der Waals surface area contributed by atoms with Gasteiger partial charge in [-0.1, -0.05) is 13.3 Å². The van der Waals surface area contributed by atoms with E-state index in [9.17, 15) is 25.5 Å². The second-order valence-electron chi connectivity index (χ2n) is 11.9. The largest absolute Gasteiger partial charge is 0.394 e. The van der Waals surface area contributed by atoms with E-state index in [-0.39, 0.29) is 56.1 Å². The molecule has 0 aromatic heterocycles. The summed E-state index contributed by atoms with van der Waals surface area (Å²) in [6, 6.07) is -0.557. The van der Waals surface area contributed by atoms with Crippen molar-refractivity contribution in [2.75, 3.05) is 26.8 Å². The van der Waals surface area contributed by atoms with Crippen LogP contribution in [0.1, 0.15) is 65.2 Å². The molecule has 2 aliphatic heterocycles. The fourth-order valence-electron chi connectivity index (χ4n) is 5.44. The quantitative estimate of drug-likeness (QED) is 0.102. The third kappa shape index (κ3) is 14.1. The monoisotopic (exact) mass is 627 g/mol.